The Morgan fingerprint density at radius 3 is 2.22 bits per heavy atom. The monoisotopic (exact) mass is 325 g/mol. The van der Waals surface area contributed by atoms with Crippen molar-refractivity contribution in [3.63, 3.8) is 0 Å². The minimum Gasteiger partial charge on any atom is -0.480 e. The van der Waals surface area contributed by atoms with Crippen LogP contribution in [0.2, 0.25) is 0 Å². The molecule has 8 nitrogen and oxygen atoms in total. The van der Waals surface area contributed by atoms with Crippen LogP contribution in [0.4, 0.5) is 9.59 Å². The molecule has 0 radical (unpaired) electrons. The van der Waals surface area contributed by atoms with Gasteiger partial charge in [-0.3, -0.25) is 0 Å². The lowest BCUT2D eigenvalue weighted by molar-refractivity contribution is -0.139. The molecule has 1 amide bonds. The van der Waals surface area contributed by atoms with Crippen molar-refractivity contribution >= 4 is 18.2 Å². The van der Waals surface area contributed by atoms with Gasteiger partial charge >= 0.3 is 18.2 Å². The van der Waals surface area contributed by atoms with E-state index in [9.17, 15) is 14.4 Å². The second-order valence-electron chi connectivity index (χ2n) is 4.39. The van der Waals surface area contributed by atoms with Crippen LogP contribution in [-0.4, -0.2) is 42.6 Å². The van der Waals surface area contributed by atoms with Crippen molar-refractivity contribution in [1.82, 2.24) is 5.32 Å². The van der Waals surface area contributed by atoms with Gasteiger partial charge in [0.1, 0.15) is 11.8 Å². The van der Waals surface area contributed by atoms with Crippen LogP contribution in [0.15, 0.2) is 24.3 Å². The number of ether oxygens (including phenoxy) is 3. The van der Waals surface area contributed by atoms with Crippen LogP contribution in [0.25, 0.3) is 0 Å². The van der Waals surface area contributed by atoms with E-state index in [2.05, 4.69) is 14.8 Å². The van der Waals surface area contributed by atoms with E-state index in [4.69, 9.17) is 9.84 Å². The average Bonchev–Trinajstić information content (AvgIpc) is 2.49. The SMILES string of the molecule is CCOC(=O)NC(Cc1ccc(OC(=O)OCC)cc1)C(=O)O. The summed E-state index contributed by atoms with van der Waals surface area (Å²) in [6, 6.07) is 5.09. The van der Waals surface area contributed by atoms with Crippen LogP contribution in [0.1, 0.15) is 19.4 Å². The van der Waals surface area contributed by atoms with Crippen LogP contribution < -0.4 is 10.1 Å². The number of nitrogens with one attached hydrogen (secondary N) is 1. The Morgan fingerprint density at radius 1 is 1.09 bits per heavy atom. The first-order valence-corrected chi connectivity index (χ1v) is 7.05. The van der Waals surface area contributed by atoms with E-state index in [1.165, 1.54) is 12.1 Å². The van der Waals surface area contributed by atoms with Crippen molar-refractivity contribution < 1.29 is 33.7 Å². The molecule has 0 aromatic heterocycles. The standard InChI is InChI=1S/C15H19NO7/c1-3-21-14(19)16-12(13(17)18)9-10-5-7-11(8-6-10)23-15(20)22-4-2/h5-8,12H,3-4,9H2,1-2H3,(H,16,19)(H,17,18). The van der Waals surface area contributed by atoms with Gasteiger partial charge in [-0.1, -0.05) is 12.1 Å². The van der Waals surface area contributed by atoms with Crippen LogP contribution in [-0.2, 0) is 20.7 Å². The number of alkyl carbamates (subject to hydrolysis) is 1. The molecule has 0 saturated carbocycles. The molecular formula is C15H19NO7. The predicted octanol–water partition coefficient (Wildman–Crippen LogP) is 1.96. The highest BCUT2D eigenvalue weighted by atomic mass is 16.7. The second-order valence-corrected chi connectivity index (χ2v) is 4.39. The van der Waals surface area contributed by atoms with E-state index >= 15 is 0 Å². The van der Waals surface area contributed by atoms with Gasteiger partial charge in [-0.05, 0) is 31.5 Å². The predicted molar refractivity (Wildman–Crippen MR) is 79.4 cm³/mol. The molecule has 0 aliphatic heterocycles. The number of benzene rings is 1. The number of carboxylic acid groups (broad SMARTS) is 1. The first kappa shape index (κ1) is 18.3. The Labute approximate surface area is 133 Å². The summed E-state index contributed by atoms with van der Waals surface area (Å²) in [6.07, 6.45) is -1.54. The van der Waals surface area contributed by atoms with Crippen molar-refractivity contribution in [2.45, 2.75) is 26.3 Å². The van der Waals surface area contributed by atoms with Crippen LogP contribution >= 0.6 is 0 Å². The minimum atomic E-state index is -1.18. The van der Waals surface area contributed by atoms with Gasteiger partial charge in [0.25, 0.3) is 0 Å². The number of hydrogen-bond donors (Lipinski definition) is 2. The van der Waals surface area contributed by atoms with E-state index in [0.29, 0.717) is 5.56 Å². The molecule has 0 aliphatic rings. The largest absolute Gasteiger partial charge is 0.513 e. The normalized spacial score (nSPS) is 11.2. The lowest BCUT2D eigenvalue weighted by atomic mass is 10.1. The fourth-order valence-corrected chi connectivity index (χ4v) is 1.69. The molecule has 0 spiro atoms. The maximum absolute atomic E-state index is 11.3. The molecule has 23 heavy (non-hydrogen) atoms. The fraction of sp³-hybridized carbons (Fsp3) is 0.400. The number of carbonyl (C=O) groups is 3. The smallest absolute Gasteiger partial charge is 0.480 e. The van der Waals surface area contributed by atoms with Crippen molar-refractivity contribution in [1.29, 1.82) is 0 Å². The maximum atomic E-state index is 11.3. The molecule has 1 unspecified atom stereocenters. The lowest BCUT2D eigenvalue weighted by Gasteiger charge is -2.14. The number of rotatable bonds is 7. The topological polar surface area (TPSA) is 111 Å². The zero-order chi connectivity index (χ0) is 17.2. The summed E-state index contributed by atoms with van der Waals surface area (Å²) >= 11 is 0. The van der Waals surface area contributed by atoms with Gasteiger partial charge < -0.3 is 24.6 Å². The van der Waals surface area contributed by atoms with Gasteiger partial charge in [-0.2, -0.15) is 0 Å². The van der Waals surface area contributed by atoms with Crippen molar-refractivity contribution in [3.8, 4) is 5.75 Å². The van der Waals surface area contributed by atoms with E-state index in [-0.39, 0.29) is 25.4 Å². The van der Waals surface area contributed by atoms with Crippen molar-refractivity contribution in [2.24, 2.45) is 0 Å². The summed E-state index contributed by atoms with van der Waals surface area (Å²) in [6.45, 7) is 3.64. The third-order valence-corrected chi connectivity index (χ3v) is 2.69. The van der Waals surface area contributed by atoms with Gasteiger partial charge in [0.2, 0.25) is 0 Å². The van der Waals surface area contributed by atoms with Crippen LogP contribution in [0.5, 0.6) is 5.75 Å². The minimum absolute atomic E-state index is 0.0633. The summed E-state index contributed by atoms with van der Waals surface area (Å²) in [7, 11) is 0. The van der Waals surface area contributed by atoms with E-state index < -0.39 is 24.3 Å². The molecule has 2 N–H and O–H groups in total. The van der Waals surface area contributed by atoms with Gasteiger partial charge in [0, 0.05) is 6.42 Å². The Balaban J connectivity index is 2.65. The molecular weight excluding hydrogens is 306 g/mol. The number of carbonyl (C=O) groups excluding carboxylic acids is 2. The Bertz CT molecular complexity index is 541. The summed E-state index contributed by atoms with van der Waals surface area (Å²) in [4.78, 5) is 33.7. The quantitative estimate of drug-likeness (QED) is 0.582. The highest BCUT2D eigenvalue weighted by molar-refractivity contribution is 5.80. The van der Waals surface area contributed by atoms with Gasteiger partial charge in [0.05, 0.1) is 13.2 Å². The first-order valence-electron chi connectivity index (χ1n) is 7.05. The van der Waals surface area contributed by atoms with E-state index in [1.54, 1.807) is 26.0 Å². The molecule has 126 valence electrons. The number of hydrogen-bond acceptors (Lipinski definition) is 6. The first-order chi connectivity index (χ1) is 11.0. The molecule has 1 atom stereocenters. The molecule has 0 bridgehead atoms. The maximum Gasteiger partial charge on any atom is 0.513 e. The van der Waals surface area contributed by atoms with E-state index in [0.717, 1.165) is 0 Å². The molecule has 0 saturated heterocycles. The van der Waals surface area contributed by atoms with Gasteiger partial charge in [-0.15, -0.1) is 0 Å². The molecule has 8 heteroatoms. The Morgan fingerprint density at radius 2 is 1.70 bits per heavy atom. The van der Waals surface area contributed by atoms with E-state index in [1.807, 2.05) is 0 Å². The average molecular weight is 325 g/mol. The number of amides is 1. The second kappa shape index (κ2) is 9.29. The fourth-order valence-electron chi connectivity index (χ4n) is 1.69. The molecule has 0 heterocycles. The van der Waals surface area contributed by atoms with Crippen molar-refractivity contribution in [3.05, 3.63) is 29.8 Å². The van der Waals surface area contributed by atoms with Gasteiger partial charge in [-0.25, -0.2) is 14.4 Å². The Kier molecular flexibility index (Phi) is 7.38. The Hall–Kier alpha value is -2.77. The molecule has 0 fully saturated rings. The number of aliphatic carboxylic acids is 1. The highest BCUT2D eigenvalue weighted by Crippen LogP contribution is 2.14. The molecule has 0 aliphatic carbocycles. The number of carboxylic acids is 1. The summed E-state index contributed by atoms with van der Waals surface area (Å²) in [5.41, 5.74) is 0.644. The van der Waals surface area contributed by atoms with Gasteiger partial charge in [0.15, 0.2) is 0 Å². The summed E-state index contributed by atoms with van der Waals surface area (Å²) in [5.74, 6) is -0.901. The zero-order valence-electron chi connectivity index (χ0n) is 12.9. The van der Waals surface area contributed by atoms with Crippen LogP contribution in [0, 0.1) is 0 Å². The van der Waals surface area contributed by atoms with Crippen LogP contribution in [0.3, 0.4) is 0 Å². The molecule has 1 rings (SSSR count). The summed E-state index contributed by atoms with van der Waals surface area (Å²) in [5, 5.41) is 11.4. The third-order valence-electron chi connectivity index (χ3n) is 2.69. The lowest BCUT2D eigenvalue weighted by Crippen LogP contribution is -2.42. The van der Waals surface area contributed by atoms with Crippen molar-refractivity contribution in [2.75, 3.05) is 13.2 Å². The highest BCUT2D eigenvalue weighted by Gasteiger charge is 2.21. The third kappa shape index (κ3) is 6.68. The molecule has 1 aromatic rings. The zero-order valence-corrected chi connectivity index (χ0v) is 12.9. The molecule has 1 aromatic carbocycles. The summed E-state index contributed by atoms with van der Waals surface area (Å²) < 4.78 is 14.2.